The summed E-state index contributed by atoms with van der Waals surface area (Å²) < 4.78 is 4.48. The van der Waals surface area contributed by atoms with Crippen molar-refractivity contribution in [1.29, 1.82) is 0 Å². The second kappa shape index (κ2) is 5.38. The molecule has 0 saturated carbocycles. The van der Waals surface area contributed by atoms with Crippen molar-refractivity contribution >= 4 is 24.1 Å². The van der Waals surface area contributed by atoms with Gasteiger partial charge in [-0.3, -0.25) is 4.79 Å². The summed E-state index contributed by atoms with van der Waals surface area (Å²) >= 11 is 5.88. The topological polar surface area (TPSA) is 26.3 Å². The lowest BCUT2D eigenvalue weighted by Crippen LogP contribution is -1.85. The Labute approximate surface area is 81.8 Å². The number of ether oxygens (including phenoxy) is 1. The quantitative estimate of drug-likeness (QED) is 0.547. The highest BCUT2D eigenvalue weighted by atomic mass is 35.5. The third-order valence-corrected chi connectivity index (χ3v) is 1.81. The molecule has 1 rings (SSSR count). The van der Waals surface area contributed by atoms with Crippen LogP contribution in [0.1, 0.15) is 5.56 Å². The van der Waals surface area contributed by atoms with Gasteiger partial charge in [0.15, 0.2) is 0 Å². The molecule has 1 aromatic carbocycles. The maximum absolute atomic E-state index is 9.80. The predicted molar refractivity (Wildman–Crippen MR) is 52.5 cm³/mol. The fraction of sp³-hybridized carbons (Fsp3) is 0.100. The van der Waals surface area contributed by atoms with Gasteiger partial charge < -0.3 is 4.74 Å². The van der Waals surface area contributed by atoms with E-state index in [1.807, 2.05) is 30.3 Å². The van der Waals surface area contributed by atoms with Gasteiger partial charge in [-0.2, -0.15) is 0 Å². The van der Waals surface area contributed by atoms with Gasteiger partial charge in [-0.05, 0) is 17.7 Å². The predicted octanol–water partition coefficient (Wildman–Crippen LogP) is 2.53. The lowest BCUT2D eigenvalue weighted by Gasteiger charge is -1.95. The monoisotopic (exact) mass is 196 g/mol. The molecule has 0 radical (unpaired) electrons. The Morgan fingerprint density at radius 1 is 1.38 bits per heavy atom. The van der Waals surface area contributed by atoms with E-state index in [9.17, 15) is 4.79 Å². The van der Waals surface area contributed by atoms with E-state index < -0.39 is 0 Å². The molecule has 1 aromatic rings. The summed E-state index contributed by atoms with van der Waals surface area (Å²) in [5.41, 5.74) is 0.915. The van der Waals surface area contributed by atoms with Crippen LogP contribution >= 0.6 is 11.6 Å². The Hall–Kier alpha value is -1.28. The fourth-order valence-corrected chi connectivity index (χ4v) is 1.08. The largest absolute Gasteiger partial charge is 0.464 e. The average molecular weight is 197 g/mol. The van der Waals surface area contributed by atoms with E-state index in [-0.39, 0.29) is 6.61 Å². The Morgan fingerprint density at radius 3 is 2.85 bits per heavy atom. The van der Waals surface area contributed by atoms with Crippen LogP contribution in [0.2, 0.25) is 5.02 Å². The van der Waals surface area contributed by atoms with Crippen molar-refractivity contribution < 1.29 is 9.53 Å². The highest BCUT2D eigenvalue weighted by molar-refractivity contribution is 6.32. The van der Waals surface area contributed by atoms with Crippen molar-refractivity contribution in [3.05, 3.63) is 40.9 Å². The molecule has 0 fully saturated rings. The third kappa shape index (κ3) is 3.30. The number of hydrogen-bond acceptors (Lipinski definition) is 2. The van der Waals surface area contributed by atoms with Gasteiger partial charge in [0, 0.05) is 5.02 Å². The summed E-state index contributed by atoms with van der Waals surface area (Å²) in [6.07, 6.45) is 3.54. The first-order chi connectivity index (χ1) is 6.34. The molecule has 0 unspecified atom stereocenters. The molecular weight excluding hydrogens is 188 g/mol. The lowest BCUT2D eigenvalue weighted by atomic mass is 10.2. The maximum atomic E-state index is 9.80. The van der Waals surface area contributed by atoms with E-state index in [1.54, 1.807) is 6.08 Å². The molecule has 0 atom stereocenters. The van der Waals surface area contributed by atoms with Crippen LogP contribution in [0.15, 0.2) is 30.3 Å². The van der Waals surface area contributed by atoms with Gasteiger partial charge in [0.25, 0.3) is 6.47 Å². The van der Waals surface area contributed by atoms with Gasteiger partial charge in [-0.15, -0.1) is 0 Å². The van der Waals surface area contributed by atoms with Gasteiger partial charge in [-0.1, -0.05) is 35.9 Å². The molecule has 3 heteroatoms. The summed E-state index contributed by atoms with van der Waals surface area (Å²) in [5, 5.41) is 0.685. The Bertz CT molecular complexity index is 308. The van der Waals surface area contributed by atoms with Gasteiger partial charge in [0.1, 0.15) is 6.61 Å². The minimum absolute atomic E-state index is 0.273. The van der Waals surface area contributed by atoms with Crippen LogP contribution in [0.4, 0.5) is 0 Å². The molecule has 0 aliphatic heterocycles. The number of benzene rings is 1. The summed E-state index contributed by atoms with van der Waals surface area (Å²) in [6.45, 7) is 0.686. The Kier molecular flexibility index (Phi) is 4.06. The normalized spacial score (nSPS) is 10.2. The summed E-state index contributed by atoms with van der Waals surface area (Å²) in [7, 11) is 0. The van der Waals surface area contributed by atoms with Crippen molar-refractivity contribution in [2.24, 2.45) is 0 Å². The molecule has 0 bridgehead atoms. The molecule has 0 aliphatic rings. The van der Waals surface area contributed by atoms with Crippen LogP contribution in [-0.2, 0) is 9.53 Å². The standard InChI is InChI=1S/C10H9ClO2/c11-10-6-2-1-4-9(10)5-3-7-13-8-12/h1-6,8H,7H2. The van der Waals surface area contributed by atoms with Crippen LogP contribution in [0.25, 0.3) is 6.08 Å². The first kappa shape index (κ1) is 9.81. The maximum Gasteiger partial charge on any atom is 0.293 e. The summed E-state index contributed by atoms with van der Waals surface area (Å²) in [6, 6.07) is 7.45. The molecule has 0 aromatic heterocycles. The van der Waals surface area contributed by atoms with E-state index in [0.29, 0.717) is 11.5 Å². The van der Waals surface area contributed by atoms with Crippen molar-refractivity contribution in [3.63, 3.8) is 0 Å². The third-order valence-electron chi connectivity index (χ3n) is 1.46. The van der Waals surface area contributed by atoms with E-state index >= 15 is 0 Å². The molecule has 68 valence electrons. The number of hydrogen-bond donors (Lipinski definition) is 0. The van der Waals surface area contributed by atoms with E-state index in [4.69, 9.17) is 11.6 Å². The summed E-state index contributed by atoms with van der Waals surface area (Å²) in [4.78, 5) is 9.80. The minimum Gasteiger partial charge on any atom is -0.464 e. The number of rotatable bonds is 4. The molecule has 0 spiro atoms. The lowest BCUT2D eigenvalue weighted by molar-refractivity contribution is -0.127. The van der Waals surface area contributed by atoms with Crippen LogP contribution in [0.5, 0.6) is 0 Å². The van der Waals surface area contributed by atoms with Gasteiger partial charge >= 0.3 is 0 Å². The first-order valence-corrected chi connectivity index (χ1v) is 4.18. The average Bonchev–Trinajstić information content (AvgIpc) is 2.15. The SMILES string of the molecule is O=COCC=Cc1ccccc1Cl. The fourth-order valence-electron chi connectivity index (χ4n) is 0.880. The summed E-state index contributed by atoms with van der Waals surface area (Å²) in [5.74, 6) is 0. The number of carbonyl (C=O) groups is 1. The van der Waals surface area contributed by atoms with Gasteiger partial charge in [-0.25, -0.2) is 0 Å². The van der Waals surface area contributed by atoms with E-state index in [1.165, 1.54) is 0 Å². The number of halogens is 1. The minimum atomic E-state index is 0.273. The molecule has 0 heterocycles. The molecule has 2 nitrogen and oxygen atoms in total. The Balaban J connectivity index is 2.58. The molecule has 0 N–H and O–H groups in total. The Morgan fingerprint density at radius 2 is 2.15 bits per heavy atom. The van der Waals surface area contributed by atoms with Crippen molar-refractivity contribution in [1.82, 2.24) is 0 Å². The number of carbonyl (C=O) groups excluding carboxylic acids is 1. The zero-order valence-corrected chi connectivity index (χ0v) is 7.70. The molecule has 13 heavy (non-hydrogen) atoms. The smallest absolute Gasteiger partial charge is 0.293 e. The van der Waals surface area contributed by atoms with Crippen LogP contribution in [-0.4, -0.2) is 13.1 Å². The van der Waals surface area contributed by atoms with Crippen LogP contribution in [0.3, 0.4) is 0 Å². The molecule has 0 aliphatic carbocycles. The van der Waals surface area contributed by atoms with Crippen molar-refractivity contribution in [2.75, 3.05) is 6.61 Å². The van der Waals surface area contributed by atoms with E-state index in [2.05, 4.69) is 4.74 Å². The molecule has 0 saturated heterocycles. The molecule has 0 amide bonds. The van der Waals surface area contributed by atoms with Crippen molar-refractivity contribution in [3.8, 4) is 0 Å². The second-order valence-electron chi connectivity index (χ2n) is 2.35. The first-order valence-electron chi connectivity index (χ1n) is 3.81. The van der Waals surface area contributed by atoms with Crippen molar-refractivity contribution in [2.45, 2.75) is 0 Å². The van der Waals surface area contributed by atoms with Gasteiger partial charge in [0.05, 0.1) is 0 Å². The second-order valence-corrected chi connectivity index (χ2v) is 2.76. The zero-order chi connectivity index (χ0) is 9.52. The van der Waals surface area contributed by atoms with Crippen LogP contribution in [0, 0.1) is 0 Å². The molecular formula is C10H9ClO2. The van der Waals surface area contributed by atoms with Crippen LogP contribution < -0.4 is 0 Å². The van der Waals surface area contributed by atoms with Gasteiger partial charge in [0.2, 0.25) is 0 Å². The highest BCUT2D eigenvalue weighted by Gasteiger charge is 1.91. The van der Waals surface area contributed by atoms with E-state index in [0.717, 1.165) is 5.56 Å². The highest BCUT2D eigenvalue weighted by Crippen LogP contribution is 2.15. The zero-order valence-electron chi connectivity index (χ0n) is 6.94.